The van der Waals surface area contributed by atoms with Gasteiger partial charge in [-0.15, -0.1) is 0 Å². The molecule has 4 aliphatic rings. The minimum atomic E-state index is -0.549. The largest absolute Gasteiger partial charge is 0.442 e. The highest BCUT2D eigenvalue weighted by Gasteiger charge is 2.56. The van der Waals surface area contributed by atoms with Crippen LogP contribution < -0.4 is 0 Å². The van der Waals surface area contributed by atoms with Crippen LogP contribution in [0.3, 0.4) is 0 Å². The zero-order valence-corrected chi connectivity index (χ0v) is 14.8. The fourth-order valence-corrected chi connectivity index (χ4v) is 3.81. The average molecular weight is 344 g/mol. The van der Waals surface area contributed by atoms with Crippen molar-refractivity contribution in [3.63, 3.8) is 0 Å². The highest BCUT2D eigenvalue weighted by molar-refractivity contribution is 5.67. The van der Waals surface area contributed by atoms with Gasteiger partial charge in [-0.3, -0.25) is 9.85 Å². The fourth-order valence-electron chi connectivity index (χ4n) is 3.81. The smallest absolute Gasteiger partial charge is 0.434 e. The maximum atomic E-state index is 12.5. The molecule has 134 valence electrons. The Morgan fingerprint density at radius 2 is 2.04 bits per heavy atom. The predicted octanol–water partition coefficient (Wildman–Crippen LogP) is 3.32. The minimum absolute atomic E-state index is 0.0521. The number of rotatable bonds is 2. The summed E-state index contributed by atoms with van der Waals surface area (Å²) in [6.07, 6.45) is 1.24. The summed E-state index contributed by atoms with van der Waals surface area (Å²) < 4.78 is 5.48. The van der Waals surface area contributed by atoms with Crippen molar-refractivity contribution in [2.75, 3.05) is 0 Å². The summed E-state index contributed by atoms with van der Waals surface area (Å²) in [6, 6.07) is 10.1. The van der Waals surface area contributed by atoms with Crippen LogP contribution in [-0.4, -0.2) is 46.0 Å². The summed E-state index contributed by atoms with van der Waals surface area (Å²) in [5.74, 6) is 0. The van der Waals surface area contributed by atoms with E-state index >= 15 is 0 Å². The molecule has 2 saturated heterocycles. The molecule has 3 aliphatic heterocycles. The minimum Gasteiger partial charge on any atom is -0.442 e. The lowest BCUT2D eigenvalue weighted by Crippen LogP contribution is -2.66. The lowest BCUT2D eigenvalue weighted by Gasteiger charge is -2.50. The number of benzene rings is 1. The zero-order valence-electron chi connectivity index (χ0n) is 14.8. The number of carbonyl (C=O) groups excluding carboxylic acids is 1. The molecule has 7 nitrogen and oxygen atoms in total. The summed E-state index contributed by atoms with van der Waals surface area (Å²) in [5.41, 5.74) is 0.639. The maximum absolute atomic E-state index is 12.5. The normalized spacial score (nSPS) is 30.5. The molecule has 0 aromatic heterocycles. The van der Waals surface area contributed by atoms with E-state index in [0.717, 1.165) is 12.8 Å². The summed E-state index contributed by atoms with van der Waals surface area (Å²) in [6.45, 7) is 6.26. The molecule has 0 spiro atoms. The quantitative estimate of drug-likeness (QED) is 0.825. The molecular weight excluding hydrogens is 320 g/mol. The van der Waals surface area contributed by atoms with E-state index in [2.05, 4.69) is 22.5 Å². The van der Waals surface area contributed by atoms with Crippen molar-refractivity contribution in [1.82, 2.24) is 10.1 Å². The summed E-state index contributed by atoms with van der Waals surface area (Å²) in [4.78, 5) is 18.4. The van der Waals surface area contributed by atoms with E-state index in [1.54, 1.807) is 0 Å². The second-order valence-corrected chi connectivity index (χ2v) is 7.86. The Labute approximate surface area is 147 Å². The molecular formula is C18H24N4O3. The van der Waals surface area contributed by atoms with E-state index in [1.807, 2.05) is 44.0 Å². The number of nitrogens with zero attached hydrogens (tertiary/aromatic N) is 4. The van der Waals surface area contributed by atoms with Crippen molar-refractivity contribution in [3.05, 3.63) is 35.9 Å². The van der Waals surface area contributed by atoms with Gasteiger partial charge in [-0.05, 0) is 39.2 Å². The molecule has 5 rings (SSSR count). The van der Waals surface area contributed by atoms with Crippen LogP contribution in [-0.2, 0) is 16.1 Å². The third-order valence-corrected chi connectivity index (χ3v) is 4.83. The van der Waals surface area contributed by atoms with Gasteiger partial charge in [-0.2, -0.15) is 10.2 Å². The van der Waals surface area contributed by atoms with Crippen LogP contribution >= 0.6 is 0 Å². The van der Waals surface area contributed by atoms with Gasteiger partial charge in [-0.25, -0.2) is 4.79 Å². The zero-order chi connectivity index (χ0) is 17.6. The number of hydrogen-bond donors (Lipinski definition) is 0. The molecule has 1 aliphatic carbocycles. The van der Waals surface area contributed by atoms with Crippen LogP contribution in [0, 0.1) is 0 Å². The Hall–Kier alpha value is -2.15. The first-order valence-electron chi connectivity index (χ1n) is 8.83. The Kier molecular flexibility index (Phi) is 3.91. The van der Waals surface area contributed by atoms with E-state index in [1.165, 1.54) is 10.6 Å². The third-order valence-electron chi connectivity index (χ3n) is 4.83. The highest BCUT2D eigenvalue weighted by atomic mass is 16.7. The predicted molar refractivity (Wildman–Crippen MR) is 90.4 cm³/mol. The molecule has 0 N–H and O–H groups in total. The van der Waals surface area contributed by atoms with Gasteiger partial charge in [0.15, 0.2) is 0 Å². The topological polar surface area (TPSA) is 66.7 Å². The summed E-state index contributed by atoms with van der Waals surface area (Å²) in [5, 5.41) is 12.3. The van der Waals surface area contributed by atoms with Gasteiger partial charge in [0.05, 0.1) is 12.6 Å². The Bertz CT molecular complexity index is 673. The molecule has 3 heterocycles. The number of amides is 1. The average Bonchev–Trinajstić information content (AvgIpc) is 3.00. The molecule has 1 amide bonds. The number of ether oxygens (including phenoxy) is 1. The van der Waals surface area contributed by atoms with Gasteiger partial charge in [0.25, 0.3) is 0 Å². The first-order valence-corrected chi connectivity index (χ1v) is 8.83. The Morgan fingerprint density at radius 3 is 2.76 bits per heavy atom. The monoisotopic (exact) mass is 344 g/mol. The van der Waals surface area contributed by atoms with Crippen LogP contribution in [0.4, 0.5) is 4.79 Å². The van der Waals surface area contributed by atoms with Gasteiger partial charge in [0, 0.05) is 0 Å². The molecule has 25 heavy (non-hydrogen) atoms. The van der Waals surface area contributed by atoms with Crippen molar-refractivity contribution >= 4 is 6.09 Å². The number of fused-ring (bicyclic) bond motifs is 2. The molecule has 1 saturated carbocycles. The number of hydrogen-bond acceptors (Lipinski definition) is 6. The van der Waals surface area contributed by atoms with E-state index in [0.29, 0.717) is 6.54 Å². The standard InChI is InChI=1S/C18H24N4O3/c1-18(2,3)24-17(23)22-13-9-10-14(25-22)16-15(13)19-20-21(16)11-12-7-5-4-6-8-12/h4-8,13-16H,9-11H2,1-3H3/t13-,14+,15-,16+/m1/s1. The maximum Gasteiger partial charge on any atom is 0.434 e. The van der Waals surface area contributed by atoms with E-state index in [4.69, 9.17) is 9.57 Å². The first kappa shape index (κ1) is 16.3. The van der Waals surface area contributed by atoms with Crippen molar-refractivity contribution in [2.45, 2.75) is 70.0 Å². The molecule has 4 atom stereocenters. The van der Waals surface area contributed by atoms with Gasteiger partial charge in [-0.1, -0.05) is 35.6 Å². The van der Waals surface area contributed by atoms with Crippen LogP contribution in [0.2, 0.25) is 0 Å². The van der Waals surface area contributed by atoms with Crippen LogP contribution in [0.25, 0.3) is 0 Å². The fraction of sp³-hybridized carbons (Fsp3) is 0.611. The number of hydroxylamine groups is 2. The lowest BCUT2D eigenvalue weighted by molar-refractivity contribution is -0.275. The Morgan fingerprint density at radius 1 is 1.28 bits per heavy atom. The van der Waals surface area contributed by atoms with Crippen molar-refractivity contribution < 1.29 is 14.4 Å². The first-order chi connectivity index (χ1) is 11.9. The highest BCUT2D eigenvalue weighted by Crippen LogP contribution is 2.41. The van der Waals surface area contributed by atoms with Crippen LogP contribution in [0.1, 0.15) is 39.2 Å². The van der Waals surface area contributed by atoms with E-state index in [-0.39, 0.29) is 24.2 Å². The molecule has 3 fully saturated rings. The lowest BCUT2D eigenvalue weighted by atomic mass is 9.82. The summed E-state index contributed by atoms with van der Waals surface area (Å²) >= 11 is 0. The summed E-state index contributed by atoms with van der Waals surface area (Å²) in [7, 11) is 0. The molecule has 1 aromatic carbocycles. The molecule has 2 bridgehead atoms. The van der Waals surface area contributed by atoms with Crippen LogP contribution in [0.15, 0.2) is 40.7 Å². The second kappa shape index (κ2) is 5.98. The van der Waals surface area contributed by atoms with Crippen molar-refractivity contribution in [1.29, 1.82) is 0 Å². The Balaban J connectivity index is 1.48. The molecule has 0 unspecified atom stereocenters. The van der Waals surface area contributed by atoms with E-state index < -0.39 is 11.7 Å². The SMILES string of the molecule is CC(C)(C)OC(=O)N1O[C@H]2CC[C@@H]1[C@H]1N=NN(Cc3ccccc3)[C@H]12. The number of carbonyl (C=O) groups is 1. The third kappa shape index (κ3) is 3.08. The van der Waals surface area contributed by atoms with Gasteiger partial charge in [0.1, 0.15) is 23.8 Å². The molecule has 0 radical (unpaired) electrons. The molecule has 1 aromatic rings. The van der Waals surface area contributed by atoms with Gasteiger partial charge in [0.2, 0.25) is 0 Å². The van der Waals surface area contributed by atoms with Gasteiger partial charge < -0.3 is 4.74 Å². The second-order valence-electron chi connectivity index (χ2n) is 7.86. The van der Waals surface area contributed by atoms with Gasteiger partial charge >= 0.3 is 6.09 Å². The van der Waals surface area contributed by atoms with Crippen LogP contribution in [0.5, 0.6) is 0 Å². The van der Waals surface area contributed by atoms with Crippen molar-refractivity contribution in [3.8, 4) is 0 Å². The molecule has 7 heteroatoms. The van der Waals surface area contributed by atoms with Crippen molar-refractivity contribution in [2.24, 2.45) is 10.3 Å². The van der Waals surface area contributed by atoms with E-state index in [9.17, 15) is 4.79 Å².